The normalized spacial score (nSPS) is 12.2. The van der Waals surface area contributed by atoms with Crippen LogP contribution in [0, 0.1) is 18.3 Å². The number of aliphatic hydroxyl groups is 1. The van der Waals surface area contributed by atoms with E-state index in [2.05, 4.69) is 27.3 Å². The third-order valence-corrected chi connectivity index (χ3v) is 5.48. The van der Waals surface area contributed by atoms with Gasteiger partial charge in [0.15, 0.2) is 0 Å². The number of hydrogen-bond donors (Lipinski definition) is 2. The van der Waals surface area contributed by atoms with E-state index in [4.69, 9.17) is 0 Å². The highest BCUT2D eigenvalue weighted by atomic mass is 79.9. The number of anilines is 1. The third kappa shape index (κ3) is 3.53. The summed E-state index contributed by atoms with van der Waals surface area (Å²) < 4.78 is 4.39. The molecule has 0 aliphatic carbocycles. The van der Waals surface area contributed by atoms with Crippen LogP contribution in [0.5, 0.6) is 0 Å². The molecule has 4 aromatic rings. The highest BCUT2D eigenvalue weighted by molar-refractivity contribution is 9.10. The summed E-state index contributed by atoms with van der Waals surface area (Å²) in [6.07, 6.45) is -0.722. The Morgan fingerprint density at radius 3 is 2.55 bits per heavy atom. The first kappa shape index (κ1) is 19.2. The van der Waals surface area contributed by atoms with E-state index in [1.807, 2.05) is 53.1 Å². The van der Waals surface area contributed by atoms with Crippen LogP contribution in [-0.2, 0) is 6.54 Å². The molecule has 2 aromatic carbocycles. The van der Waals surface area contributed by atoms with Crippen LogP contribution >= 0.6 is 15.9 Å². The maximum atomic E-state index is 12.7. The van der Waals surface area contributed by atoms with E-state index in [0.717, 1.165) is 21.2 Å². The molecule has 4 rings (SSSR count). The van der Waals surface area contributed by atoms with Crippen LogP contribution in [0.25, 0.3) is 16.7 Å². The highest BCUT2D eigenvalue weighted by Gasteiger charge is 2.19. The smallest absolute Gasteiger partial charge is 0.257 e. The Bertz CT molecular complexity index is 1300. The number of nitrogens with one attached hydrogen (secondary N) is 1. The van der Waals surface area contributed by atoms with Gasteiger partial charge in [-0.25, -0.2) is 0 Å². The molecule has 29 heavy (non-hydrogen) atoms. The average Bonchev–Trinajstić information content (AvgIpc) is 3.03. The van der Waals surface area contributed by atoms with Gasteiger partial charge in [-0.15, -0.1) is 0 Å². The van der Waals surface area contributed by atoms with E-state index >= 15 is 0 Å². The predicted molar refractivity (Wildman–Crippen MR) is 117 cm³/mol. The van der Waals surface area contributed by atoms with Crippen molar-refractivity contribution >= 4 is 38.3 Å². The molecule has 1 unspecified atom stereocenters. The van der Waals surface area contributed by atoms with Gasteiger partial charge in [-0.1, -0.05) is 28.1 Å². The number of halogens is 1. The van der Waals surface area contributed by atoms with Gasteiger partial charge in [0.05, 0.1) is 29.2 Å². The molecule has 0 aliphatic rings. The van der Waals surface area contributed by atoms with Crippen LogP contribution in [0.15, 0.2) is 63.9 Å². The van der Waals surface area contributed by atoms with Crippen molar-refractivity contribution in [2.24, 2.45) is 0 Å². The second-order valence-corrected chi connectivity index (χ2v) is 7.87. The van der Waals surface area contributed by atoms with Crippen molar-refractivity contribution in [3.63, 3.8) is 0 Å². The summed E-state index contributed by atoms with van der Waals surface area (Å²) >= 11 is 3.40. The number of aliphatic hydroxyl groups excluding tert-OH is 1. The van der Waals surface area contributed by atoms with Gasteiger partial charge in [0.2, 0.25) is 0 Å². The van der Waals surface area contributed by atoms with Crippen molar-refractivity contribution in [2.75, 3.05) is 11.9 Å². The molecule has 0 amide bonds. The monoisotopic (exact) mass is 450 g/mol. The first-order chi connectivity index (χ1) is 14.0. The highest BCUT2D eigenvalue weighted by Crippen LogP contribution is 2.24. The fraction of sp³-hybridized carbons (Fsp3) is 0.182. The zero-order valence-electron chi connectivity index (χ0n) is 15.8. The van der Waals surface area contributed by atoms with E-state index in [1.54, 1.807) is 11.3 Å². The quantitative estimate of drug-likeness (QED) is 0.485. The Labute approximate surface area is 175 Å². The van der Waals surface area contributed by atoms with Crippen LogP contribution in [0.1, 0.15) is 11.1 Å². The van der Waals surface area contributed by atoms with Crippen molar-refractivity contribution in [3.8, 4) is 6.07 Å². The molecule has 2 N–H and O–H groups in total. The number of benzene rings is 2. The van der Waals surface area contributed by atoms with Gasteiger partial charge in [-0.2, -0.15) is 5.26 Å². The molecular formula is C22H19BrN4O2. The Hall–Kier alpha value is -3.08. The van der Waals surface area contributed by atoms with Gasteiger partial charge < -0.3 is 15.0 Å². The van der Waals surface area contributed by atoms with Gasteiger partial charge in [0.1, 0.15) is 11.7 Å². The van der Waals surface area contributed by atoms with E-state index in [0.29, 0.717) is 23.3 Å². The summed E-state index contributed by atoms with van der Waals surface area (Å²) in [7, 11) is 0. The molecule has 0 spiro atoms. The Morgan fingerprint density at radius 2 is 1.86 bits per heavy atom. The minimum Gasteiger partial charge on any atom is -0.389 e. The Morgan fingerprint density at radius 1 is 1.17 bits per heavy atom. The van der Waals surface area contributed by atoms with Crippen molar-refractivity contribution in [1.82, 2.24) is 8.97 Å². The molecule has 0 saturated carbocycles. The Balaban J connectivity index is 1.75. The number of hydrogen-bond acceptors (Lipinski definition) is 4. The maximum absolute atomic E-state index is 12.7. The molecule has 6 nitrogen and oxygen atoms in total. The lowest BCUT2D eigenvalue weighted by Crippen LogP contribution is -2.25. The number of fused-ring (bicyclic) bond motifs is 3. The van der Waals surface area contributed by atoms with E-state index in [-0.39, 0.29) is 12.1 Å². The SMILES string of the molecule is Cc1cc(=O)n2c3ccccc3n(CC(O)CNc3ccc(Br)cc3)c2c1C#N. The van der Waals surface area contributed by atoms with Crippen LogP contribution in [0.2, 0.25) is 0 Å². The molecule has 0 fully saturated rings. The van der Waals surface area contributed by atoms with Crippen molar-refractivity contribution < 1.29 is 5.11 Å². The zero-order chi connectivity index (χ0) is 20.5. The number of para-hydroxylation sites is 2. The van der Waals surface area contributed by atoms with Crippen molar-refractivity contribution in [2.45, 2.75) is 19.6 Å². The minimum absolute atomic E-state index is 0.186. The molecule has 2 aromatic heterocycles. The molecule has 0 aliphatic heterocycles. The maximum Gasteiger partial charge on any atom is 0.257 e. The minimum atomic E-state index is -0.722. The average molecular weight is 451 g/mol. The van der Waals surface area contributed by atoms with Crippen LogP contribution < -0.4 is 10.9 Å². The molecule has 1 atom stereocenters. The zero-order valence-corrected chi connectivity index (χ0v) is 17.3. The lowest BCUT2D eigenvalue weighted by molar-refractivity contribution is 0.169. The van der Waals surface area contributed by atoms with Gasteiger partial charge in [0, 0.05) is 22.8 Å². The van der Waals surface area contributed by atoms with E-state index in [9.17, 15) is 15.2 Å². The molecule has 2 heterocycles. The molecule has 0 radical (unpaired) electrons. The first-order valence-corrected chi connectivity index (χ1v) is 10.00. The molecule has 146 valence electrons. The molecule has 0 bridgehead atoms. The number of aryl methyl sites for hydroxylation is 1. The largest absolute Gasteiger partial charge is 0.389 e. The Kier molecular flexibility index (Phi) is 5.14. The first-order valence-electron chi connectivity index (χ1n) is 9.21. The number of nitrogens with zero attached hydrogens (tertiary/aromatic N) is 3. The van der Waals surface area contributed by atoms with Crippen LogP contribution in [0.4, 0.5) is 5.69 Å². The van der Waals surface area contributed by atoms with Crippen molar-refractivity contribution in [3.05, 3.63) is 80.6 Å². The molecule has 7 heteroatoms. The van der Waals surface area contributed by atoms with Gasteiger partial charge in [-0.3, -0.25) is 9.20 Å². The van der Waals surface area contributed by atoms with Gasteiger partial charge >= 0.3 is 0 Å². The van der Waals surface area contributed by atoms with Gasteiger partial charge in [0.25, 0.3) is 5.56 Å². The number of pyridine rings is 1. The summed E-state index contributed by atoms with van der Waals surface area (Å²) in [5, 5.41) is 23.6. The van der Waals surface area contributed by atoms with Crippen LogP contribution in [-0.4, -0.2) is 26.7 Å². The predicted octanol–water partition coefficient (Wildman–Crippen LogP) is 3.67. The lowest BCUT2D eigenvalue weighted by Gasteiger charge is -2.16. The number of aromatic nitrogens is 2. The molecule has 0 saturated heterocycles. The summed E-state index contributed by atoms with van der Waals surface area (Å²) in [5.41, 5.74) is 3.82. The topological polar surface area (TPSA) is 82.5 Å². The summed E-state index contributed by atoms with van der Waals surface area (Å²) in [6.45, 7) is 2.34. The lowest BCUT2D eigenvalue weighted by atomic mass is 10.1. The summed E-state index contributed by atoms with van der Waals surface area (Å²) in [4.78, 5) is 12.7. The van der Waals surface area contributed by atoms with Crippen LogP contribution in [0.3, 0.4) is 0 Å². The van der Waals surface area contributed by atoms with Crippen molar-refractivity contribution in [1.29, 1.82) is 5.26 Å². The fourth-order valence-corrected chi connectivity index (χ4v) is 3.86. The second-order valence-electron chi connectivity index (χ2n) is 6.95. The second kappa shape index (κ2) is 7.74. The number of nitriles is 1. The third-order valence-electron chi connectivity index (χ3n) is 4.95. The number of imidazole rings is 1. The van der Waals surface area contributed by atoms with E-state index < -0.39 is 6.10 Å². The fourth-order valence-electron chi connectivity index (χ4n) is 3.60. The van der Waals surface area contributed by atoms with Gasteiger partial charge in [-0.05, 0) is 48.9 Å². The molecular weight excluding hydrogens is 432 g/mol. The summed E-state index contributed by atoms with van der Waals surface area (Å²) in [5.74, 6) is 0. The standard InChI is InChI=1S/C22H19BrN4O2/c1-14-10-21(29)27-20-5-3-2-4-19(20)26(22(27)18(14)11-24)13-17(28)12-25-16-8-6-15(23)7-9-16/h2-10,17,25,28H,12-13H2,1H3. The summed E-state index contributed by atoms with van der Waals surface area (Å²) in [6, 6.07) is 18.9. The number of rotatable bonds is 5. The van der Waals surface area contributed by atoms with E-state index in [1.165, 1.54) is 6.07 Å².